The van der Waals surface area contributed by atoms with Crippen molar-refractivity contribution in [1.29, 1.82) is 0 Å². The van der Waals surface area contributed by atoms with Gasteiger partial charge in [0.1, 0.15) is 0 Å². The smallest absolute Gasteiger partial charge is 0.399 e. The van der Waals surface area contributed by atoms with E-state index in [1.165, 1.54) is 0 Å². The fraction of sp³-hybridized carbons (Fsp3) is 0.750. The Bertz CT molecular complexity index is 892. The second-order valence-corrected chi connectivity index (χ2v) is 12.7. The molecule has 3 saturated heterocycles. The minimum atomic E-state index is -0.564. The predicted octanol–water partition coefficient (Wildman–Crippen LogP) is 2.58. The number of hydrogen-bond acceptors (Lipinski definition) is 6. The van der Waals surface area contributed by atoms with Crippen LogP contribution in [0.5, 0.6) is 0 Å². The highest BCUT2D eigenvalue weighted by atomic mass is 16.7. The number of hydrogen-bond donors (Lipinski definition) is 0. The molecule has 0 aromatic heterocycles. The molecular formula is C24H39B3O6. The molecule has 0 bridgehead atoms. The van der Waals surface area contributed by atoms with E-state index < -0.39 is 55.0 Å². The largest absolute Gasteiger partial charge is 0.494 e. The Balaban J connectivity index is 1.76. The van der Waals surface area contributed by atoms with Gasteiger partial charge in [0.2, 0.25) is 0 Å². The Labute approximate surface area is 200 Å². The molecule has 0 amide bonds. The zero-order chi connectivity index (χ0) is 24.8. The van der Waals surface area contributed by atoms with E-state index >= 15 is 0 Å². The van der Waals surface area contributed by atoms with E-state index in [0.717, 1.165) is 16.4 Å². The fourth-order valence-electron chi connectivity index (χ4n) is 4.08. The summed E-state index contributed by atoms with van der Waals surface area (Å²) in [4.78, 5) is 0. The van der Waals surface area contributed by atoms with Gasteiger partial charge in [0.15, 0.2) is 0 Å². The standard InChI is InChI=1S/C24H39B3O6/c1-19(2)20(3,4)29-25(28-19)16-13-14-17(26-30-21(5,6)22(7,8)31-26)18(15-16)27-32-23(9,10)24(11,12)33-27/h13-15H,1-12H3. The molecule has 9 heteroatoms. The van der Waals surface area contributed by atoms with Crippen molar-refractivity contribution in [1.82, 2.24) is 0 Å². The van der Waals surface area contributed by atoms with Crippen molar-refractivity contribution >= 4 is 37.7 Å². The van der Waals surface area contributed by atoms with Crippen LogP contribution in [0.1, 0.15) is 83.1 Å². The van der Waals surface area contributed by atoms with E-state index in [1.54, 1.807) is 0 Å². The lowest BCUT2D eigenvalue weighted by Gasteiger charge is -2.32. The van der Waals surface area contributed by atoms with E-state index in [2.05, 4.69) is 89.2 Å². The van der Waals surface area contributed by atoms with Gasteiger partial charge < -0.3 is 27.9 Å². The lowest BCUT2D eigenvalue weighted by Crippen LogP contribution is -2.54. The summed E-state index contributed by atoms with van der Waals surface area (Å²) in [6, 6.07) is 6.12. The SMILES string of the molecule is CC1(C)OB(c2ccc(B3OC(C)(C)C(C)(C)O3)c(B3OC(C)(C)C(C)(C)O3)c2)OC1(C)C. The summed E-state index contributed by atoms with van der Waals surface area (Å²) in [6.07, 6.45) is 0. The zero-order valence-corrected chi connectivity index (χ0v) is 22.4. The summed E-state index contributed by atoms with van der Waals surface area (Å²) in [5, 5.41) is 0. The van der Waals surface area contributed by atoms with Crippen LogP contribution in [-0.4, -0.2) is 55.0 Å². The number of rotatable bonds is 3. The molecule has 0 unspecified atom stereocenters. The molecule has 1 aromatic carbocycles. The Morgan fingerprint density at radius 2 is 0.727 bits per heavy atom. The lowest BCUT2D eigenvalue weighted by molar-refractivity contribution is 0.00578. The van der Waals surface area contributed by atoms with E-state index in [9.17, 15) is 0 Å². The summed E-state index contributed by atoms with van der Waals surface area (Å²) in [5.41, 5.74) is 0.00509. The third-order valence-corrected chi connectivity index (χ3v) is 8.65. The van der Waals surface area contributed by atoms with Gasteiger partial charge in [0.05, 0.1) is 33.6 Å². The minimum Gasteiger partial charge on any atom is -0.399 e. The molecule has 0 saturated carbocycles. The molecule has 3 heterocycles. The molecule has 6 nitrogen and oxygen atoms in total. The zero-order valence-electron chi connectivity index (χ0n) is 22.4. The molecule has 0 N–H and O–H groups in total. The number of benzene rings is 1. The summed E-state index contributed by atoms with van der Waals surface area (Å²) in [6.45, 7) is 24.7. The van der Waals surface area contributed by atoms with Crippen molar-refractivity contribution in [3.05, 3.63) is 18.2 Å². The van der Waals surface area contributed by atoms with Crippen molar-refractivity contribution in [2.45, 2.75) is 117 Å². The van der Waals surface area contributed by atoms with Crippen LogP contribution in [0.2, 0.25) is 0 Å². The topological polar surface area (TPSA) is 55.4 Å². The molecule has 0 spiro atoms. The Morgan fingerprint density at radius 1 is 0.424 bits per heavy atom. The Kier molecular flexibility index (Phi) is 5.62. The van der Waals surface area contributed by atoms with Crippen LogP contribution >= 0.6 is 0 Å². The molecule has 1 aromatic rings. The highest BCUT2D eigenvalue weighted by Gasteiger charge is 2.57. The Hall–Kier alpha value is -0.825. The molecule has 0 radical (unpaired) electrons. The predicted molar refractivity (Wildman–Crippen MR) is 134 cm³/mol. The molecule has 3 fully saturated rings. The van der Waals surface area contributed by atoms with Gasteiger partial charge >= 0.3 is 21.4 Å². The molecule has 4 rings (SSSR count). The average molecular weight is 456 g/mol. The van der Waals surface area contributed by atoms with Crippen molar-refractivity contribution in [2.75, 3.05) is 0 Å². The molecule has 3 aliphatic rings. The summed E-state index contributed by atoms with van der Waals surface area (Å²) in [7, 11) is -1.58. The highest BCUT2D eigenvalue weighted by Crippen LogP contribution is 2.39. The van der Waals surface area contributed by atoms with Gasteiger partial charge in [-0.1, -0.05) is 18.2 Å². The van der Waals surface area contributed by atoms with Crippen molar-refractivity contribution in [2.24, 2.45) is 0 Å². The van der Waals surface area contributed by atoms with Crippen LogP contribution < -0.4 is 16.4 Å². The highest BCUT2D eigenvalue weighted by molar-refractivity contribution is 6.75. The van der Waals surface area contributed by atoms with Crippen LogP contribution in [0.15, 0.2) is 18.2 Å². The first-order valence-electron chi connectivity index (χ1n) is 12.0. The molecular weight excluding hydrogens is 417 g/mol. The molecule has 3 aliphatic heterocycles. The van der Waals surface area contributed by atoms with Crippen LogP contribution in [-0.2, 0) is 27.9 Å². The van der Waals surface area contributed by atoms with Crippen LogP contribution in [0.3, 0.4) is 0 Å². The Morgan fingerprint density at radius 3 is 1.09 bits per heavy atom. The summed E-state index contributed by atoms with van der Waals surface area (Å²) < 4.78 is 38.3. The van der Waals surface area contributed by atoms with Gasteiger partial charge in [0, 0.05) is 0 Å². The summed E-state index contributed by atoms with van der Waals surface area (Å²) >= 11 is 0. The second kappa shape index (κ2) is 7.34. The molecule has 0 atom stereocenters. The van der Waals surface area contributed by atoms with Crippen LogP contribution in [0.4, 0.5) is 0 Å². The summed E-state index contributed by atoms with van der Waals surface area (Å²) in [5.74, 6) is 0. The minimum absolute atomic E-state index is 0.424. The molecule has 33 heavy (non-hydrogen) atoms. The van der Waals surface area contributed by atoms with E-state index in [1.807, 2.05) is 12.1 Å². The third kappa shape index (κ3) is 4.03. The fourth-order valence-corrected chi connectivity index (χ4v) is 4.08. The van der Waals surface area contributed by atoms with Crippen molar-refractivity contribution in [3.8, 4) is 0 Å². The second-order valence-electron chi connectivity index (χ2n) is 12.7. The van der Waals surface area contributed by atoms with Crippen LogP contribution in [0, 0.1) is 0 Å². The van der Waals surface area contributed by atoms with Gasteiger partial charge in [-0.15, -0.1) is 0 Å². The van der Waals surface area contributed by atoms with Gasteiger partial charge in [-0.05, 0) is 99.5 Å². The van der Waals surface area contributed by atoms with Gasteiger partial charge in [-0.2, -0.15) is 0 Å². The normalized spacial score (nSPS) is 28.5. The maximum Gasteiger partial charge on any atom is 0.494 e. The monoisotopic (exact) mass is 456 g/mol. The first kappa shape index (κ1) is 25.3. The van der Waals surface area contributed by atoms with E-state index in [0.29, 0.717) is 0 Å². The van der Waals surface area contributed by atoms with Crippen molar-refractivity contribution in [3.63, 3.8) is 0 Å². The first-order valence-corrected chi connectivity index (χ1v) is 12.0. The van der Waals surface area contributed by atoms with E-state index in [-0.39, 0.29) is 0 Å². The quantitative estimate of drug-likeness (QED) is 0.653. The third-order valence-electron chi connectivity index (χ3n) is 8.65. The maximum absolute atomic E-state index is 6.44. The van der Waals surface area contributed by atoms with Gasteiger partial charge in [-0.25, -0.2) is 0 Å². The van der Waals surface area contributed by atoms with Gasteiger partial charge in [-0.3, -0.25) is 0 Å². The molecule has 0 aliphatic carbocycles. The van der Waals surface area contributed by atoms with Crippen molar-refractivity contribution < 1.29 is 27.9 Å². The maximum atomic E-state index is 6.44. The van der Waals surface area contributed by atoms with Gasteiger partial charge in [0.25, 0.3) is 0 Å². The molecule has 180 valence electrons. The van der Waals surface area contributed by atoms with Crippen LogP contribution in [0.25, 0.3) is 0 Å². The lowest BCUT2D eigenvalue weighted by atomic mass is 9.62. The first-order chi connectivity index (χ1) is 14.8. The average Bonchev–Trinajstić information content (AvgIpc) is 3.09. The van der Waals surface area contributed by atoms with E-state index in [4.69, 9.17) is 27.9 Å².